The number of hydrogen-bond donors (Lipinski definition) is 0. The third-order valence-electron chi connectivity index (χ3n) is 4.39. The van der Waals surface area contributed by atoms with E-state index in [9.17, 15) is 4.79 Å². The van der Waals surface area contributed by atoms with Gasteiger partial charge in [0.05, 0.1) is 17.9 Å². The number of aromatic nitrogens is 2. The van der Waals surface area contributed by atoms with Gasteiger partial charge in [0.2, 0.25) is 5.89 Å². The molecule has 1 aliphatic rings. The zero-order chi connectivity index (χ0) is 17.3. The molecule has 7 heteroatoms. The van der Waals surface area contributed by atoms with Gasteiger partial charge in [-0.15, -0.1) is 0 Å². The standard InChI is InChI=1S/C17H24N4O3/c1-12(14-18-16(19-24-14)17(2,3)4)20-6-8-21(9-7-20)15(22)13-5-10-23-11-13/h5,10-12H,6-9H2,1-4H3. The highest BCUT2D eigenvalue weighted by molar-refractivity contribution is 5.93. The summed E-state index contributed by atoms with van der Waals surface area (Å²) in [6.45, 7) is 11.2. The lowest BCUT2D eigenvalue weighted by Crippen LogP contribution is -2.49. The fourth-order valence-corrected chi connectivity index (χ4v) is 2.75. The van der Waals surface area contributed by atoms with Crippen molar-refractivity contribution in [1.29, 1.82) is 0 Å². The van der Waals surface area contributed by atoms with E-state index >= 15 is 0 Å². The Labute approximate surface area is 141 Å². The monoisotopic (exact) mass is 332 g/mol. The second kappa shape index (κ2) is 6.39. The zero-order valence-electron chi connectivity index (χ0n) is 14.7. The Hall–Kier alpha value is -2.15. The van der Waals surface area contributed by atoms with E-state index in [1.807, 2.05) is 4.90 Å². The topological polar surface area (TPSA) is 75.6 Å². The van der Waals surface area contributed by atoms with Crippen LogP contribution in [-0.4, -0.2) is 52.0 Å². The molecule has 0 spiro atoms. The van der Waals surface area contributed by atoms with E-state index in [4.69, 9.17) is 8.94 Å². The van der Waals surface area contributed by atoms with E-state index in [0.717, 1.165) is 18.9 Å². The first-order valence-electron chi connectivity index (χ1n) is 8.26. The maximum absolute atomic E-state index is 12.3. The Bertz CT molecular complexity index is 679. The van der Waals surface area contributed by atoms with Gasteiger partial charge in [0.1, 0.15) is 6.26 Å². The van der Waals surface area contributed by atoms with Gasteiger partial charge in [0, 0.05) is 31.6 Å². The summed E-state index contributed by atoms with van der Waals surface area (Å²) in [5.74, 6) is 1.37. The molecule has 2 aromatic heterocycles. The summed E-state index contributed by atoms with van der Waals surface area (Å²) in [6.07, 6.45) is 3.01. The third-order valence-corrected chi connectivity index (χ3v) is 4.39. The van der Waals surface area contributed by atoms with Crippen LogP contribution in [-0.2, 0) is 5.41 Å². The number of piperazine rings is 1. The molecular weight excluding hydrogens is 308 g/mol. The predicted octanol–water partition coefficient (Wildman–Crippen LogP) is 2.48. The number of rotatable bonds is 3. The lowest BCUT2D eigenvalue weighted by Gasteiger charge is -2.36. The molecule has 130 valence electrons. The Morgan fingerprint density at radius 2 is 1.96 bits per heavy atom. The van der Waals surface area contributed by atoms with Crippen molar-refractivity contribution in [2.24, 2.45) is 0 Å². The molecule has 0 bridgehead atoms. The smallest absolute Gasteiger partial charge is 0.257 e. The van der Waals surface area contributed by atoms with Crippen molar-refractivity contribution in [3.63, 3.8) is 0 Å². The molecule has 7 nitrogen and oxygen atoms in total. The Kier molecular flexibility index (Phi) is 4.45. The summed E-state index contributed by atoms with van der Waals surface area (Å²) in [5.41, 5.74) is 0.472. The van der Waals surface area contributed by atoms with Crippen LogP contribution in [0.25, 0.3) is 0 Å². The SMILES string of the molecule is CC(c1nc(C(C)(C)C)no1)N1CCN(C(=O)c2ccoc2)CC1. The number of furan rings is 1. The van der Waals surface area contributed by atoms with Crippen molar-refractivity contribution >= 4 is 5.91 Å². The molecule has 0 radical (unpaired) electrons. The van der Waals surface area contributed by atoms with Crippen molar-refractivity contribution < 1.29 is 13.7 Å². The number of carbonyl (C=O) groups is 1. The normalized spacial score (nSPS) is 17.9. The van der Waals surface area contributed by atoms with Gasteiger partial charge in [-0.05, 0) is 13.0 Å². The van der Waals surface area contributed by atoms with Crippen molar-refractivity contribution in [2.45, 2.75) is 39.2 Å². The molecule has 3 rings (SSSR count). The summed E-state index contributed by atoms with van der Waals surface area (Å²) in [5, 5.41) is 4.09. The van der Waals surface area contributed by atoms with Gasteiger partial charge >= 0.3 is 0 Å². The highest BCUT2D eigenvalue weighted by Gasteiger charge is 2.29. The van der Waals surface area contributed by atoms with Crippen LogP contribution >= 0.6 is 0 Å². The minimum absolute atomic E-state index is 0.0175. The molecule has 1 atom stereocenters. The van der Waals surface area contributed by atoms with Crippen LogP contribution in [0.5, 0.6) is 0 Å². The number of hydrogen-bond acceptors (Lipinski definition) is 6. The first kappa shape index (κ1) is 16.7. The average Bonchev–Trinajstić information content (AvgIpc) is 3.24. The summed E-state index contributed by atoms with van der Waals surface area (Å²) < 4.78 is 10.4. The van der Waals surface area contributed by atoms with Gasteiger partial charge in [-0.25, -0.2) is 0 Å². The molecular formula is C17H24N4O3. The van der Waals surface area contributed by atoms with Crippen molar-refractivity contribution in [3.8, 4) is 0 Å². The molecule has 1 fully saturated rings. The predicted molar refractivity (Wildman–Crippen MR) is 87.6 cm³/mol. The fourth-order valence-electron chi connectivity index (χ4n) is 2.75. The van der Waals surface area contributed by atoms with Gasteiger partial charge in [-0.1, -0.05) is 25.9 Å². The van der Waals surface area contributed by atoms with Crippen molar-refractivity contribution in [1.82, 2.24) is 19.9 Å². The Morgan fingerprint density at radius 3 is 2.50 bits per heavy atom. The van der Waals surface area contributed by atoms with Crippen LogP contribution < -0.4 is 0 Å². The largest absolute Gasteiger partial charge is 0.472 e. The molecule has 1 amide bonds. The first-order valence-corrected chi connectivity index (χ1v) is 8.26. The minimum atomic E-state index is -0.128. The summed E-state index contributed by atoms with van der Waals surface area (Å²) >= 11 is 0. The van der Waals surface area contributed by atoms with E-state index in [-0.39, 0.29) is 17.4 Å². The number of carbonyl (C=O) groups excluding carboxylic acids is 1. The third kappa shape index (κ3) is 3.36. The Balaban J connectivity index is 1.60. The minimum Gasteiger partial charge on any atom is -0.472 e. The van der Waals surface area contributed by atoms with Crippen LogP contribution in [0.3, 0.4) is 0 Å². The second-order valence-electron chi connectivity index (χ2n) is 7.22. The maximum atomic E-state index is 12.3. The van der Waals surface area contributed by atoms with Gasteiger partial charge in [0.15, 0.2) is 5.82 Å². The highest BCUT2D eigenvalue weighted by atomic mass is 16.5. The highest BCUT2D eigenvalue weighted by Crippen LogP contribution is 2.24. The van der Waals surface area contributed by atoms with Crippen LogP contribution in [0.4, 0.5) is 0 Å². The summed E-state index contributed by atoms with van der Waals surface area (Å²) in [6, 6.07) is 1.74. The van der Waals surface area contributed by atoms with E-state index in [0.29, 0.717) is 24.5 Å². The molecule has 0 saturated carbocycles. The quantitative estimate of drug-likeness (QED) is 0.859. The molecule has 1 saturated heterocycles. The van der Waals surface area contributed by atoms with Gasteiger partial charge < -0.3 is 13.8 Å². The lowest BCUT2D eigenvalue weighted by molar-refractivity contribution is 0.0551. The van der Waals surface area contributed by atoms with Crippen LogP contribution in [0.2, 0.25) is 0 Å². The molecule has 3 heterocycles. The van der Waals surface area contributed by atoms with E-state index in [1.54, 1.807) is 6.07 Å². The fraction of sp³-hybridized carbons (Fsp3) is 0.588. The zero-order valence-corrected chi connectivity index (χ0v) is 14.7. The molecule has 0 N–H and O–H groups in total. The van der Waals surface area contributed by atoms with Crippen molar-refractivity contribution in [3.05, 3.63) is 35.9 Å². The molecule has 0 aliphatic carbocycles. The number of nitrogens with zero attached hydrogens (tertiary/aromatic N) is 4. The first-order chi connectivity index (χ1) is 11.4. The van der Waals surface area contributed by atoms with Crippen molar-refractivity contribution in [2.75, 3.05) is 26.2 Å². The number of amides is 1. The molecule has 24 heavy (non-hydrogen) atoms. The van der Waals surface area contributed by atoms with E-state index in [1.165, 1.54) is 12.5 Å². The summed E-state index contributed by atoms with van der Waals surface area (Å²) in [4.78, 5) is 21.0. The average molecular weight is 332 g/mol. The van der Waals surface area contributed by atoms with Crippen LogP contribution in [0.15, 0.2) is 27.5 Å². The van der Waals surface area contributed by atoms with Crippen LogP contribution in [0.1, 0.15) is 55.8 Å². The molecule has 1 aliphatic heterocycles. The molecule has 1 unspecified atom stereocenters. The molecule has 0 aromatic carbocycles. The second-order valence-corrected chi connectivity index (χ2v) is 7.22. The van der Waals surface area contributed by atoms with E-state index in [2.05, 4.69) is 42.7 Å². The van der Waals surface area contributed by atoms with Crippen LogP contribution in [0, 0.1) is 0 Å². The maximum Gasteiger partial charge on any atom is 0.257 e. The molecule has 2 aromatic rings. The Morgan fingerprint density at radius 1 is 1.25 bits per heavy atom. The summed E-state index contributed by atoms with van der Waals surface area (Å²) in [7, 11) is 0. The van der Waals surface area contributed by atoms with Gasteiger partial charge in [0.25, 0.3) is 5.91 Å². The lowest BCUT2D eigenvalue weighted by atomic mass is 9.96. The van der Waals surface area contributed by atoms with Gasteiger partial charge in [-0.3, -0.25) is 9.69 Å². The van der Waals surface area contributed by atoms with Gasteiger partial charge in [-0.2, -0.15) is 4.98 Å². The van der Waals surface area contributed by atoms with E-state index < -0.39 is 0 Å².